The minimum atomic E-state index is -3.61. The molecule has 0 bridgehead atoms. The summed E-state index contributed by atoms with van der Waals surface area (Å²) in [6.45, 7) is 2.67. The Labute approximate surface area is 167 Å². The molecule has 0 atom stereocenters. The number of aryl methyl sites for hydroxylation is 1. The van der Waals surface area contributed by atoms with Crippen molar-refractivity contribution in [3.8, 4) is 0 Å². The number of hydrogen-bond donors (Lipinski definition) is 0. The second-order valence-corrected chi connectivity index (χ2v) is 8.38. The molecule has 0 aliphatic carbocycles. The van der Waals surface area contributed by atoms with E-state index in [1.807, 2.05) is 66.7 Å². The lowest BCUT2D eigenvalue weighted by atomic mass is 10.1. The third-order valence-electron chi connectivity index (χ3n) is 4.46. The van der Waals surface area contributed by atoms with E-state index in [1.165, 1.54) is 15.3 Å². The molecule has 28 heavy (non-hydrogen) atoms. The number of nitrogens with zero attached hydrogens (tertiary/aromatic N) is 2. The Bertz CT molecular complexity index is 999. The SMILES string of the molecule is CCc1ccc(CN(Cc2cccnc2)S(=O)(=O)/C=C/c2ccccc2)cc1. The molecular formula is C23H24N2O2S. The van der Waals surface area contributed by atoms with Gasteiger partial charge in [-0.05, 0) is 40.8 Å². The molecule has 0 saturated heterocycles. The molecule has 0 spiro atoms. The molecule has 1 heterocycles. The number of hydrogen-bond acceptors (Lipinski definition) is 3. The van der Waals surface area contributed by atoms with Crippen LogP contribution in [-0.4, -0.2) is 17.7 Å². The van der Waals surface area contributed by atoms with E-state index in [1.54, 1.807) is 18.5 Å². The number of sulfonamides is 1. The lowest BCUT2D eigenvalue weighted by Gasteiger charge is -2.20. The number of aromatic nitrogens is 1. The van der Waals surface area contributed by atoms with Crippen LogP contribution in [0.3, 0.4) is 0 Å². The van der Waals surface area contributed by atoms with Crippen LogP contribution in [0.4, 0.5) is 0 Å². The molecule has 0 aliphatic rings. The highest BCUT2D eigenvalue weighted by Crippen LogP contribution is 2.17. The molecule has 1 aromatic heterocycles. The van der Waals surface area contributed by atoms with E-state index in [-0.39, 0.29) is 6.54 Å². The molecule has 3 rings (SSSR count). The van der Waals surface area contributed by atoms with Crippen LogP contribution in [0.15, 0.2) is 84.5 Å². The van der Waals surface area contributed by atoms with Gasteiger partial charge in [-0.2, -0.15) is 4.31 Å². The third kappa shape index (κ3) is 5.62. The predicted octanol–water partition coefficient (Wildman–Crippen LogP) is 4.65. The van der Waals surface area contributed by atoms with Gasteiger partial charge in [-0.1, -0.05) is 67.6 Å². The van der Waals surface area contributed by atoms with Gasteiger partial charge in [-0.25, -0.2) is 8.42 Å². The van der Waals surface area contributed by atoms with Gasteiger partial charge in [0, 0.05) is 30.9 Å². The number of pyridine rings is 1. The van der Waals surface area contributed by atoms with Crippen molar-refractivity contribution in [1.29, 1.82) is 0 Å². The van der Waals surface area contributed by atoms with Gasteiger partial charge in [0.15, 0.2) is 0 Å². The smallest absolute Gasteiger partial charge is 0.236 e. The van der Waals surface area contributed by atoms with Crippen LogP contribution in [-0.2, 0) is 29.5 Å². The molecule has 0 saturated carbocycles. The molecule has 3 aromatic rings. The maximum atomic E-state index is 13.1. The van der Waals surface area contributed by atoms with Crippen LogP contribution in [0.5, 0.6) is 0 Å². The zero-order valence-corrected chi connectivity index (χ0v) is 16.7. The van der Waals surface area contributed by atoms with E-state index >= 15 is 0 Å². The first-order valence-electron chi connectivity index (χ1n) is 9.27. The zero-order chi connectivity index (χ0) is 19.8. The first-order chi connectivity index (χ1) is 13.6. The molecular weight excluding hydrogens is 368 g/mol. The van der Waals surface area contributed by atoms with Crippen molar-refractivity contribution in [2.24, 2.45) is 0 Å². The summed E-state index contributed by atoms with van der Waals surface area (Å²) in [6, 6.07) is 21.2. The standard InChI is InChI=1S/C23H24N2O2S/c1-2-20-10-12-22(13-11-20)18-25(19-23-9-6-15-24-17-23)28(26,27)16-14-21-7-4-3-5-8-21/h3-17H,2,18-19H2,1H3/b16-14+. The Morgan fingerprint density at radius 3 is 2.18 bits per heavy atom. The van der Waals surface area contributed by atoms with Crippen molar-refractivity contribution >= 4 is 16.1 Å². The summed E-state index contributed by atoms with van der Waals surface area (Å²) in [5.74, 6) is 0. The lowest BCUT2D eigenvalue weighted by molar-refractivity contribution is 0.407. The Morgan fingerprint density at radius 1 is 0.857 bits per heavy atom. The summed E-state index contributed by atoms with van der Waals surface area (Å²) < 4.78 is 27.6. The van der Waals surface area contributed by atoms with Gasteiger partial charge < -0.3 is 0 Å². The Balaban J connectivity index is 1.86. The minimum Gasteiger partial charge on any atom is -0.264 e. The molecule has 0 fully saturated rings. The number of benzene rings is 2. The summed E-state index contributed by atoms with van der Waals surface area (Å²) in [5, 5.41) is 1.28. The van der Waals surface area contributed by atoms with Crippen molar-refractivity contribution in [2.75, 3.05) is 0 Å². The third-order valence-corrected chi connectivity index (χ3v) is 5.92. The normalized spacial score (nSPS) is 11.9. The van der Waals surface area contributed by atoms with E-state index in [0.29, 0.717) is 6.54 Å². The number of rotatable bonds is 8. The van der Waals surface area contributed by atoms with Gasteiger partial charge in [-0.15, -0.1) is 0 Å². The van der Waals surface area contributed by atoms with Crippen LogP contribution in [0.25, 0.3) is 6.08 Å². The maximum Gasteiger partial charge on any atom is 0.236 e. The quantitative estimate of drug-likeness (QED) is 0.561. The van der Waals surface area contributed by atoms with Crippen LogP contribution in [0.1, 0.15) is 29.2 Å². The molecule has 0 amide bonds. The molecule has 4 nitrogen and oxygen atoms in total. The predicted molar refractivity (Wildman–Crippen MR) is 114 cm³/mol. The van der Waals surface area contributed by atoms with Crippen molar-refractivity contribution in [2.45, 2.75) is 26.4 Å². The van der Waals surface area contributed by atoms with Crippen molar-refractivity contribution in [3.63, 3.8) is 0 Å². The summed E-state index contributed by atoms with van der Waals surface area (Å²) in [4.78, 5) is 4.10. The molecule has 5 heteroatoms. The Morgan fingerprint density at radius 2 is 1.54 bits per heavy atom. The molecule has 0 aliphatic heterocycles. The average molecular weight is 393 g/mol. The van der Waals surface area contributed by atoms with Crippen molar-refractivity contribution < 1.29 is 8.42 Å². The van der Waals surface area contributed by atoms with Crippen molar-refractivity contribution in [3.05, 3.63) is 107 Å². The van der Waals surface area contributed by atoms with Gasteiger partial charge >= 0.3 is 0 Å². The molecule has 0 radical (unpaired) electrons. The fraction of sp³-hybridized carbons (Fsp3) is 0.174. The lowest BCUT2D eigenvalue weighted by Crippen LogP contribution is -2.28. The van der Waals surface area contributed by atoms with E-state index in [9.17, 15) is 8.42 Å². The van der Waals surface area contributed by atoms with E-state index in [0.717, 1.165) is 23.1 Å². The summed E-state index contributed by atoms with van der Waals surface area (Å²) in [6.07, 6.45) is 5.97. The summed E-state index contributed by atoms with van der Waals surface area (Å²) >= 11 is 0. The molecule has 0 unspecified atom stereocenters. The van der Waals surface area contributed by atoms with Crippen LogP contribution in [0.2, 0.25) is 0 Å². The highest BCUT2D eigenvalue weighted by Gasteiger charge is 2.20. The van der Waals surface area contributed by atoms with Gasteiger partial charge in [0.05, 0.1) is 0 Å². The van der Waals surface area contributed by atoms with Crippen LogP contribution < -0.4 is 0 Å². The first kappa shape index (κ1) is 20.0. The zero-order valence-electron chi connectivity index (χ0n) is 15.9. The fourth-order valence-corrected chi connectivity index (χ4v) is 3.99. The molecule has 2 aromatic carbocycles. The second-order valence-electron chi connectivity index (χ2n) is 6.56. The van der Waals surface area contributed by atoms with E-state index in [2.05, 4.69) is 11.9 Å². The molecule has 144 valence electrons. The average Bonchev–Trinajstić information content (AvgIpc) is 2.74. The highest BCUT2D eigenvalue weighted by molar-refractivity contribution is 7.92. The van der Waals surface area contributed by atoms with Gasteiger partial charge in [-0.3, -0.25) is 4.98 Å². The van der Waals surface area contributed by atoms with Crippen molar-refractivity contribution in [1.82, 2.24) is 9.29 Å². The second kappa shape index (κ2) is 9.44. The van der Waals surface area contributed by atoms with E-state index < -0.39 is 10.0 Å². The topological polar surface area (TPSA) is 50.3 Å². The van der Waals surface area contributed by atoms with E-state index in [4.69, 9.17) is 0 Å². The van der Waals surface area contributed by atoms with Gasteiger partial charge in [0.25, 0.3) is 0 Å². The summed E-state index contributed by atoms with van der Waals surface area (Å²) in [5.41, 5.74) is 3.89. The first-order valence-corrected chi connectivity index (χ1v) is 10.8. The highest BCUT2D eigenvalue weighted by atomic mass is 32.2. The largest absolute Gasteiger partial charge is 0.264 e. The Hall–Kier alpha value is -2.76. The fourth-order valence-electron chi connectivity index (χ4n) is 2.83. The molecule has 0 N–H and O–H groups in total. The van der Waals surface area contributed by atoms with Crippen LogP contribution >= 0.6 is 0 Å². The maximum absolute atomic E-state index is 13.1. The summed E-state index contributed by atoms with van der Waals surface area (Å²) in [7, 11) is -3.61. The van der Waals surface area contributed by atoms with Gasteiger partial charge in [0.2, 0.25) is 10.0 Å². The van der Waals surface area contributed by atoms with Crippen LogP contribution in [0, 0.1) is 0 Å². The minimum absolute atomic E-state index is 0.269. The Kier molecular flexibility index (Phi) is 6.74. The van der Waals surface area contributed by atoms with Gasteiger partial charge in [0.1, 0.15) is 0 Å². The monoisotopic (exact) mass is 392 g/mol.